The molecule has 1 aliphatic heterocycles. The van der Waals surface area contributed by atoms with Gasteiger partial charge in [0.2, 0.25) is 0 Å². The lowest BCUT2D eigenvalue weighted by atomic mass is 10.0. The van der Waals surface area contributed by atoms with Gasteiger partial charge < -0.3 is 15.2 Å². The van der Waals surface area contributed by atoms with Gasteiger partial charge in [0.05, 0.1) is 17.7 Å². The van der Waals surface area contributed by atoms with E-state index in [1.165, 1.54) is 36.3 Å². The summed E-state index contributed by atoms with van der Waals surface area (Å²) in [6.45, 7) is 0. The van der Waals surface area contributed by atoms with Crippen LogP contribution in [-0.2, 0) is 0 Å². The highest BCUT2D eigenvalue weighted by atomic mass is 35.5. The molecule has 0 aliphatic carbocycles. The second-order valence-corrected chi connectivity index (χ2v) is 6.70. The zero-order chi connectivity index (χ0) is 19.8. The zero-order valence-electron chi connectivity index (χ0n) is 14.8. The van der Waals surface area contributed by atoms with Crippen molar-refractivity contribution in [1.29, 1.82) is 0 Å². The highest BCUT2D eigenvalue weighted by Crippen LogP contribution is 2.41. The Labute approximate surface area is 165 Å². The molecule has 28 heavy (non-hydrogen) atoms. The van der Waals surface area contributed by atoms with Crippen LogP contribution in [0.4, 0.5) is 15.8 Å². The number of para-hydroxylation sites is 1. The molecule has 1 aliphatic rings. The van der Waals surface area contributed by atoms with Crippen molar-refractivity contribution >= 4 is 28.9 Å². The van der Waals surface area contributed by atoms with Crippen LogP contribution >= 0.6 is 11.6 Å². The minimum absolute atomic E-state index is 0.0986. The fourth-order valence-electron chi connectivity index (χ4n) is 3.26. The number of hydrogen-bond acceptors (Lipinski definition) is 4. The summed E-state index contributed by atoms with van der Waals surface area (Å²) in [6.07, 6.45) is -0.639. The Morgan fingerprint density at radius 1 is 1.14 bits per heavy atom. The molecule has 3 aromatic rings. The van der Waals surface area contributed by atoms with Crippen LogP contribution in [0.1, 0.15) is 22.1 Å². The van der Waals surface area contributed by atoms with Gasteiger partial charge in [-0.3, -0.25) is 9.69 Å². The first-order valence-electron chi connectivity index (χ1n) is 8.50. The quantitative estimate of drug-likeness (QED) is 0.654. The lowest BCUT2D eigenvalue weighted by Gasteiger charge is -2.38. The minimum atomic E-state index is -0.639. The van der Waals surface area contributed by atoms with Gasteiger partial charge in [0.1, 0.15) is 12.0 Å². The highest BCUT2D eigenvalue weighted by molar-refractivity contribution is 6.32. The number of anilines is 2. The number of halogens is 2. The average molecular weight is 399 g/mol. The number of rotatable bonds is 3. The molecule has 0 saturated heterocycles. The summed E-state index contributed by atoms with van der Waals surface area (Å²) in [5.41, 5.74) is 2.28. The van der Waals surface area contributed by atoms with E-state index in [1.54, 1.807) is 24.3 Å². The Morgan fingerprint density at radius 2 is 1.86 bits per heavy atom. The molecule has 0 radical (unpaired) electrons. The Bertz CT molecular complexity index is 1060. The number of nitrogens with zero attached hydrogens (tertiary/aromatic N) is 1. The second kappa shape index (κ2) is 7.05. The monoisotopic (exact) mass is 398 g/mol. The zero-order valence-corrected chi connectivity index (χ0v) is 15.6. The lowest BCUT2D eigenvalue weighted by molar-refractivity contribution is 0.0975. The first kappa shape index (κ1) is 18.1. The van der Waals surface area contributed by atoms with Gasteiger partial charge in [0.15, 0.2) is 11.5 Å². The number of carbonyl (C=O) groups excluding carboxylic acids is 1. The van der Waals surface area contributed by atoms with Crippen molar-refractivity contribution in [3.63, 3.8) is 0 Å². The predicted octanol–water partition coefficient (Wildman–Crippen LogP) is 4.96. The molecule has 1 atom stereocenters. The summed E-state index contributed by atoms with van der Waals surface area (Å²) < 4.78 is 18.6. The number of phenolic OH excluding ortho intramolecular Hbond substituents is 1. The Hall–Kier alpha value is -3.25. The van der Waals surface area contributed by atoms with Crippen LogP contribution in [0.2, 0.25) is 5.02 Å². The van der Waals surface area contributed by atoms with Crippen molar-refractivity contribution in [3.8, 4) is 11.5 Å². The third-order valence-electron chi connectivity index (χ3n) is 4.62. The molecule has 0 saturated carbocycles. The van der Waals surface area contributed by atoms with E-state index in [2.05, 4.69) is 5.32 Å². The predicted molar refractivity (Wildman–Crippen MR) is 106 cm³/mol. The SMILES string of the molecule is COc1cc([C@H]2Nc3ccccc3C(=O)N2c2ccc(F)cc2)cc(Cl)c1O. The van der Waals surface area contributed by atoms with Crippen LogP contribution in [0.15, 0.2) is 60.7 Å². The third-order valence-corrected chi connectivity index (χ3v) is 4.91. The van der Waals surface area contributed by atoms with Crippen LogP contribution in [0.5, 0.6) is 11.5 Å². The molecule has 1 amide bonds. The summed E-state index contributed by atoms with van der Waals surface area (Å²) >= 11 is 6.16. The van der Waals surface area contributed by atoms with E-state index < -0.39 is 12.0 Å². The maximum atomic E-state index is 13.4. The number of benzene rings is 3. The molecule has 2 N–H and O–H groups in total. The second-order valence-electron chi connectivity index (χ2n) is 6.30. The highest BCUT2D eigenvalue weighted by Gasteiger charge is 2.34. The van der Waals surface area contributed by atoms with Crippen molar-refractivity contribution in [2.24, 2.45) is 0 Å². The van der Waals surface area contributed by atoms with E-state index in [-0.39, 0.29) is 22.4 Å². The minimum Gasteiger partial charge on any atom is -0.503 e. The fraction of sp³-hybridized carbons (Fsp3) is 0.0952. The molecule has 0 fully saturated rings. The standard InChI is InChI=1S/C21H16ClFN2O3/c1-28-18-11-12(10-16(22)19(18)26)20-24-17-5-3-2-4-15(17)21(27)25(20)14-8-6-13(23)7-9-14/h2-11,20,24,26H,1H3/t20-/m0/s1. The Kier molecular flexibility index (Phi) is 4.57. The molecule has 0 aromatic heterocycles. The topological polar surface area (TPSA) is 61.8 Å². The van der Waals surface area contributed by atoms with Gasteiger partial charge in [0.25, 0.3) is 5.91 Å². The number of aromatic hydroxyl groups is 1. The van der Waals surface area contributed by atoms with Crippen LogP contribution in [0, 0.1) is 5.82 Å². The summed E-state index contributed by atoms with van der Waals surface area (Å²) in [7, 11) is 1.42. The number of hydrogen-bond donors (Lipinski definition) is 2. The summed E-state index contributed by atoms with van der Waals surface area (Å²) in [5, 5.41) is 13.5. The van der Waals surface area contributed by atoms with Crippen LogP contribution in [-0.4, -0.2) is 18.1 Å². The van der Waals surface area contributed by atoms with Gasteiger partial charge in [-0.25, -0.2) is 4.39 Å². The lowest BCUT2D eigenvalue weighted by Crippen LogP contribution is -2.43. The molecule has 0 spiro atoms. The third kappa shape index (κ3) is 3.01. The average Bonchev–Trinajstić information content (AvgIpc) is 2.71. The normalized spacial score (nSPS) is 15.8. The van der Waals surface area contributed by atoms with Crippen molar-refractivity contribution in [1.82, 2.24) is 0 Å². The first-order valence-corrected chi connectivity index (χ1v) is 8.88. The van der Waals surface area contributed by atoms with Gasteiger partial charge >= 0.3 is 0 Å². The van der Waals surface area contributed by atoms with E-state index in [1.807, 2.05) is 12.1 Å². The summed E-state index contributed by atoms with van der Waals surface area (Å²) in [5.74, 6) is -0.625. The number of methoxy groups -OCH3 is 1. The molecule has 1 heterocycles. The Balaban J connectivity index is 1.89. The molecule has 4 rings (SSSR count). The van der Waals surface area contributed by atoms with Gasteiger partial charge in [-0.05, 0) is 48.5 Å². The first-order chi connectivity index (χ1) is 13.5. The molecular weight excluding hydrogens is 383 g/mol. The number of nitrogens with one attached hydrogen (secondary N) is 1. The summed E-state index contributed by atoms with van der Waals surface area (Å²) in [4.78, 5) is 14.8. The maximum absolute atomic E-state index is 13.4. The fourth-order valence-corrected chi connectivity index (χ4v) is 3.48. The van der Waals surface area contributed by atoms with Crippen molar-refractivity contribution in [2.75, 3.05) is 17.3 Å². The summed E-state index contributed by atoms with van der Waals surface area (Å²) in [6, 6.07) is 16.0. The van der Waals surface area contributed by atoms with Gasteiger partial charge in [-0.15, -0.1) is 0 Å². The van der Waals surface area contributed by atoms with E-state index in [0.29, 0.717) is 22.5 Å². The van der Waals surface area contributed by atoms with E-state index in [9.17, 15) is 14.3 Å². The smallest absolute Gasteiger partial charge is 0.262 e. The van der Waals surface area contributed by atoms with Gasteiger partial charge in [0, 0.05) is 16.9 Å². The molecule has 0 unspecified atom stereocenters. The van der Waals surface area contributed by atoms with Crippen molar-refractivity contribution in [3.05, 3.63) is 82.6 Å². The van der Waals surface area contributed by atoms with E-state index in [4.69, 9.17) is 16.3 Å². The molecular formula is C21H16ClFN2O3. The molecule has 142 valence electrons. The van der Waals surface area contributed by atoms with Crippen molar-refractivity contribution < 1.29 is 19.0 Å². The molecule has 0 bridgehead atoms. The van der Waals surface area contributed by atoms with E-state index >= 15 is 0 Å². The largest absolute Gasteiger partial charge is 0.503 e. The van der Waals surface area contributed by atoms with Crippen LogP contribution in [0.3, 0.4) is 0 Å². The molecule has 5 nitrogen and oxygen atoms in total. The van der Waals surface area contributed by atoms with Gasteiger partial charge in [-0.1, -0.05) is 23.7 Å². The Morgan fingerprint density at radius 3 is 2.57 bits per heavy atom. The number of carbonyl (C=O) groups is 1. The molecule has 3 aromatic carbocycles. The number of ether oxygens (including phenoxy) is 1. The van der Waals surface area contributed by atoms with Gasteiger partial charge in [-0.2, -0.15) is 0 Å². The maximum Gasteiger partial charge on any atom is 0.262 e. The number of phenols is 1. The van der Waals surface area contributed by atoms with E-state index in [0.717, 1.165) is 0 Å². The molecule has 7 heteroatoms. The number of fused-ring (bicyclic) bond motifs is 1. The van der Waals surface area contributed by atoms with Crippen molar-refractivity contribution in [2.45, 2.75) is 6.17 Å². The van der Waals surface area contributed by atoms with Crippen LogP contribution in [0.25, 0.3) is 0 Å². The number of amides is 1. The van der Waals surface area contributed by atoms with Crippen LogP contribution < -0.4 is 15.0 Å².